The summed E-state index contributed by atoms with van der Waals surface area (Å²) in [5.74, 6) is 1.06. The van der Waals surface area contributed by atoms with Crippen molar-refractivity contribution in [2.75, 3.05) is 19.6 Å². The minimum absolute atomic E-state index is 0.0498. The van der Waals surface area contributed by atoms with Crippen LogP contribution in [0.4, 0.5) is 0 Å². The van der Waals surface area contributed by atoms with Gasteiger partial charge in [0.1, 0.15) is 0 Å². The van der Waals surface area contributed by atoms with Crippen LogP contribution in [0.5, 0.6) is 0 Å². The SMILES string of the molecule is CC(C)(CN)N1C[C@H]2C[C@@H](C1)c1cccc(=O)n1C2. The first-order chi connectivity index (χ1) is 9.01. The smallest absolute Gasteiger partial charge is 0.250 e. The number of likely N-dealkylation sites (tertiary alicyclic amines) is 1. The molecule has 19 heavy (non-hydrogen) atoms. The summed E-state index contributed by atoms with van der Waals surface area (Å²) in [4.78, 5) is 14.5. The van der Waals surface area contributed by atoms with Gasteiger partial charge >= 0.3 is 0 Å². The van der Waals surface area contributed by atoms with Gasteiger partial charge in [0.15, 0.2) is 0 Å². The Balaban J connectivity index is 1.94. The lowest BCUT2D eigenvalue weighted by atomic mass is 9.81. The van der Waals surface area contributed by atoms with E-state index in [2.05, 4.69) is 24.8 Å². The molecule has 3 heterocycles. The Morgan fingerprint density at radius 1 is 1.32 bits per heavy atom. The third-order valence-corrected chi connectivity index (χ3v) is 4.84. The van der Waals surface area contributed by atoms with Gasteiger partial charge < -0.3 is 10.3 Å². The fourth-order valence-corrected chi connectivity index (χ4v) is 3.52. The molecule has 2 aliphatic rings. The van der Waals surface area contributed by atoms with Crippen molar-refractivity contribution in [3.63, 3.8) is 0 Å². The molecule has 0 aliphatic carbocycles. The van der Waals surface area contributed by atoms with E-state index < -0.39 is 0 Å². The fraction of sp³-hybridized carbons (Fsp3) is 0.667. The van der Waals surface area contributed by atoms with Crippen LogP contribution in [0, 0.1) is 5.92 Å². The zero-order valence-corrected chi connectivity index (χ0v) is 11.8. The van der Waals surface area contributed by atoms with Gasteiger partial charge in [0.05, 0.1) is 0 Å². The van der Waals surface area contributed by atoms with E-state index in [1.54, 1.807) is 6.07 Å². The van der Waals surface area contributed by atoms with Crippen molar-refractivity contribution in [1.82, 2.24) is 9.47 Å². The lowest BCUT2D eigenvalue weighted by molar-refractivity contribution is 0.0418. The van der Waals surface area contributed by atoms with E-state index in [-0.39, 0.29) is 11.1 Å². The lowest BCUT2D eigenvalue weighted by Gasteiger charge is -2.48. The molecule has 0 amide bonds. The number of nitrogens with zero attached hydrogens (tertiary/aromatic N) is 2. The number of nitrogens with two attached hydrogens (primary N) is 1. The normalized spacial score (nSPS) is 27.1. The molecule has 1 fully saturated rings. The van der Waals surface area contributed by atoms with Crippen molar-refractivity contribution in [3.05, 3.63) is 34.2 Å². The Morgan fingerprint density at radius 3 is 2.84 bits per heavy atom. The molecule has 0 unspecified atom stereocenters. The second-order valence-electron chi connectivity index (χ2n) is 6.62. The van der Waals surface area contributed by atoms with Crippen molar-refractivity contribution < 1.29 is 0 Å². The Labute approximate surface area is 114 Å². The van der Waals surface area contributed by atoms with E-state index in [1.165, 1.54) is 12.1 Å². The maximum atomic E-state index is 12.0. The average molecular weight is 261 g/mol. The van der Waals surface area contributed by atoms with Crippen LogP contribution < -0.4 is 11.3 Å². The van der Waals surface area contributed by atoms with Gasteiger partial charge in [-0.15, -0.1) is 0 Å². The van der Waals surface area contributed by atoms with Gasteiger partial charge in [-0.25, -0.2) is 0 Å². The highest BCUT2D eigenvalue weighted by Gasteiger charge is 2.38. The Bertz CT molecular complexity index is 534. The number of hydrogen-bond acceptors (Lipinski definition) is 3. The van der Waals surface area contributed by atoms with Crippen LogP contribution >= 0.6 is 0 Å². The van der Waals surface area contributed by atoms with E-state index in [4.69, 9.17) is 5.73 Å². The van der Waals surface area contributed by atoms with E-state index in [0.29, 0.717) is 18.4 Å². The Hall–Kier alpha value is -1.13. The minimum atomic E-state index is 0.0498. The van der Waals surface area contributed by atoms with E-state index in [0.717, 1.165) is 19.6 Å². The first-order valence-corrected chi connectivity index (χ1v) is 7.16. The molecule has 0 radical (unpaired) electrons. The number of fused-ring (bicyclic) bond motifs is 4. The largest absolute Gasteiger partial charge is 0.329 e. The maximum Gasteiger partial charge on any atom is 0.250 e. The van der Waals surface area contributed by atoms with Crippen LogP contribution in [0.1, 0.15) is 31.9 Å². The molecule has 2 atom stereocenters. The Morgan fingerprint density at radius 2 is 2.11 bits per heavy atom. The molecule has 1 aromatic rings. The summed E-state index contributed by atoms with van der Waals surface area (Å²) >= 11 is 0. The highest BCUT2D eigenvalue weighted by Crippen LogP contribution is 2.37. The number of pyridine rings is 1. The average Bonchev–Trinajstić information content (AvgIpc) is 2.40. The van der Waals surface area contributed by atoms with Crippen molar-refractivity contribution in [3.8, 4) is 0 Å². The van der Waals surface area contributed by atoms with Gasteiger partial charge in [-0.3, -0.25) is 9.69 Å². The summed E-state index contributed by atoms with van der Waals surface area (Å²) in [6.07, 6.45) is 1.21. The second-order valence-corrected chi connectivity index (χ2v) is 6.62. The van der Waals surface area contributed by atoms with Gasteiger partial charge in [0.2, 0.25) is 0 Å². The summed E-state index contributed by atoms with van der Waals surface area (Å²) in [7, 11) is 0. The minimum Gasteiger partial charge on any atom is -0.329 e. The van der Waals surface area contributed by atoms with Gasteiger partial charge in [0, 0.05) is 49.4 Å². The first-order valence-electron chi connectivity index (χ1n) is 7.16. The lowest BCUT2D eigenvalue weighted by Crippen LogP contribution is -2.57. The van der Waals surface area contributed by atoms with E-state index >= 15 is 0 Å². The summed E-state index contributed by atoms with van der Waals surface area (Å²) in [6.45, 7) is 8.04. The molecule has 4 nitrogen and oxygen atoms in total. The van der Waals surface area contributed by atoms with E-state index in [1.807, 2.05) is 10.6 Å². The Kier molecular flexibility index (Phi) is 3.02. The molecule has 0 spiro atoms. The molecule has 4 heteroatoms. The number of hydrogen-bond donors (Lipinski definition) is 1. The van der Waals surface area contributed by atoms with Gasteiger partial charge in [-0.05, 0) is 32.3 Å². The highest BCUT2D eigenvalue weighted by molar-refractivity contribution is 5.17. The molecule has 0 aromatic carbocycles. The molecule has 0 saturated carbocycles. The van der Waals surface area contributed by atoms with Crippen molar-refractivity contribution >= 4 is 0 Å². The van der Waals surface area contributed by atoms with E-state index in [9.17, 15) is 4.79 Å². The van der Waals surface area contributed by atoms with Gasteiger partial charge in [0.25, 0.3) is 5.56 Å². The van der Waals surface area contributed by atoms with Crippen molar-refractivity contribution in [2.24, 2.45) is 11.7 Å². The third-order valence-electron chi connectivity index (χ3n) is 4.84. The summed E-state index contributed by atoms with van der Waals surface area (Å²) < 4.78 is 1.98. The standard InChI is InChI=1S/C15H23N3O/c1-15(2,10-16)17-7-11-6-12(9-17)13-4-3-5-14(19)18(13)8-11/h3-5,11-12H,6-10,16H2,1-2H3/t11-,12+/m1/s1. The van der Waals surface area contributed by atoms with Crippen molar-refractivity contribution in [1.29, 1.82) is 0 Å². The van der Waals surface area contributed by atoms with Gasteiger partial charge in [-0.1, -0.05) is 6.07 Å². The number of aromatic nitrogens is 1. The van der Waals surface area contributed by atoms with Crippen LogP contribution in [0.3, 0.4) is 0 Å². The van der Waals surface area contributed by atoms with Crippen molar-refractivity contribution in [2.45, 2.75) is 38.3 Å². The molecule has 3 rings (SSSR count). The summed E-state index contributed by atoms with van der Waals surface area (Å²) in [5, 5.41) is 0. The third kappa shape index (κ3) is 2.13. The van der Waals surface area contributed by atoms with Crippen LogP contribution in [0.25, 0.3) is 0 Å². The molecule has 1 saturated heterocycles. The molecule has 2 N–H and O–H groups in total. The van der Waals surface area contributed by atoms with Crippen LogP contribution in [0.2, 0.25) is 0 Å². The zero-order valence-electron chi connectivity index (χ0n) is 11.8. The van der Waals surface area contributed by atoms with Gasteiger partial charge in [-0.2, -0.15) is 0 Å². The van der Waals surface area contributed by atoms with Crippen LogP contribution in [0.15, 0.2) is 23.0 Å². The quantitative estimate of drug-likeness (QED) is 0.864. The second kappa shape index (κ2) is 4.46. The molecular weight excluding hydrogens is 238 g/mol. The monoisotopic (exact) mass is 261 g/mol. The molecule has 2 bridgehead atoms. The molecule has 104 valence electrons. The van der Waals surface area contributed by atoms with Crippen LogP contribution in [-0.4, -0.2) is 34.6 Å². The molecule has 2 aliphatic heterocycles. The number of rotatable bonds is 2. The maximum absolute atomic E-state index is 12.0. The summed E-state index contributed by atoms with van der Waals surface area (Å²) in [5.41, 5.74) is 7.32. The first kappa shape index (κ1) is 12.9. The zero-order chi connectivity index (χ0) is 13.6. The number of piperidine rings is 1. The fourth-order valence-electron chi connectivity index (χ4n) is 3.52. The topological polar surface area (TPSA) is 51.3 Å². The highest BCUT2D eigenvalue weighted by atomic mass is 16.1. The predicted molar refractivity (Wildman–Crippen MR) is 76.3 cm³/mol. The molecule has 1 aromatic heterocycles. The molecular formula is C15H23N3O. The van der Waals surface area contributed by atoms with Crippen LogP contribution in [-0.2, 0) is 6.54 Å². The predicted octanol–water partition coefficient (Wildman–Crippen LogP) is 1.00. The summed E-state index contributed by atoms with van der Waals surface area (Å²) in [6, 6.07) is 5.68.